The highest BCUT2D eigenvalue weighted by Crippen LogP contribution is 2.42. The molecule has 2 aromatic rings. The lowest BCUT2D eigenvalue weighted by molar-refractivity contribution is 0.00670. The van der Waals surface area contributed by atoms with E-state index in [4.69, 9.17) is 4.74 Å². The van der Waals surface area contributed by atoms with Crippen LogP contribution in [0.1, 0.15) is 54.7 Å². The van der Waals surface area contributed by atoms with Crippen LogP contribution in [0.3, 0.4) is 0 Å². The Morgan fingerprint density at radius 1 is 1.12 bits per heavy atom. The molecule has 4 heteroatoms. The number of fused-ring (bicyclic) bond motifs is 1. The van der Waals surface area contributed by atoms with Gasteiger partial charge in [0.25, 0.3) is 5.91 Å². The van der Waals surface area contributed by atoms with Crippen LogP contribution in [0.2, 0.25) is 0 Å². The fraction of sp³-hybridized carbons (Fsp3) is 0.364. The van der Waals surface area contributed by atoms with E-state index in [1.54, 1.807) is 26.8 Å². The van der Waals surface area contributed by atoms with Crippen LogP contribution in [0.4, 0.5) is 4.79 Å². The molecule has 1 unspecified atom stereocenters. The summed E-state index contributed by atoms with van der Waals surface area (Å²) in [5.41, 5.74) is 2.10. The number of ether oxygens (including phenoxy) is 1. The van der Waals surface area contributed by atoms with Gasteiger partial charge in [-0.1, -0.05) is 48.0 Å². The Hall–Kier alpha value is -2.62. The first-order valence-corrected chi connectivity index (χ1v) is 8.84. The molecule has 4 nitrogen and oxygen atoms in total. The Labute approximate surface area is 154 Å². The Morgan fingerprint density at radius 3 is 2.38 bits per heavy atom. The largest absolute Gasteiger partial charge is 0.443 e. The van der Waals surface area contributed by atoms with Crippen molar-refractivity contribution in [1.82, 2.24) is 4.90 Å². The van der Waals surface area contributed by atoms with Crippen molar-refractivity contribution in [3.63, 3.8) is 0 Å². The second kappa shape index (κ2) is 6.27. The molecule has 0 N–H and O–H groups in total. The quantitative estimate of drug-likeness (QED) is 0.777. The first kappa shape index (κ1) is 18.2. The number of imide groups is 1. The molecule has 0 aromatic heterocycles. The Kier molecular flexibility index (Phi) is 4.39. The second-order valence-electron chi connectivity index (χ2n) is 8.11. The van der Waals surface area contributed by atoms with Crippen molar-refractivity contribution in [2.75, 3.05) is 0 Å². The molecule has 3 rings (SSSR count). The molecular weight excluding hydrogens is 326 g/mol. The molecule has 2 aromatic carbocycles. The van der Waals surface area contributed by atoms with Crippen molar-refractivity contribution in [3.05, 3.63) is 70.8 Å². The molecule has 26 heavy (non-hydrogen) atoms. The fourth-order valence-corrected chi connectivity index (χ4v) is 3.51. The summed E-state index contributed by atoms with van der Waals surface area (Å²) in [7, 11) is 0. The van der Waals surface area contributed by atoms with Crippen LogP contribution in [0.25, 0.3) is 0 Å². The summed E-state index contributed by atoms with van der Waals surface area (Å²) in [4.78, 5) is 27.3. The van der Waals surface area contributed by atoms with Crippen LogP contribution in [-0.4, -0.2) is 22.5 Å². The molecule has 1 heterocycles. The summed E-state index contributed by atoms with van der Waals surface area (Å²) in [6.07, 6.45) is -0.0651. The molecule has 1 aliphatic heterocycles. The van der Waals surface area contributed by atoms with Gasteiger partial charge in [-0.15, -0.1) is 0 Å². The Bertz CT molecular complexity index is 851. The maximum atomic E-state index is 13.1. The highest BCUT2D eigenvalue weighted by Gasteiger charge is 2.51. The van der Waals surface area contributed by atoms with Gasteiger partial charge in [0.1, 0.15) is 5.60 Å². The molecule has 0 saturated heterocycles. The lowest BCUT2D eigenvalue weighted by Crippen LogP contribution is -2.49. The third kappa shape index (κ3) is 3.24. The summed E-state index contributed by atoms with van der Waals surface area (Å²) in [6, 6.07) is 15.6. The minimum atomic E-state index is -0.790. The monoisotopic (exact) mass is 351 g/mol. The number of amides is 2. The van der Waals surface area contributed by atoms with Gasteiger partial charge in [0.15, 0.2) is 0 Å². The smallest absolute Gasteiger partial charge is 0.418 e. The molecule has 1 aliphatic rings. The van der Waals surface area contributed by atoms with Crippen LogP contribution in [0.5, 0.6) is 0 Å². The molecule has 0 saturated carbocycles. The number of carbonyl (C=O) groups excluding carboxylic acids is 2. The summed E-state index contributed by atoms with van der Waals surface area (Å²) in [6.45, 7) is 9.34. The van der Waals surface area contributed by atoms with E-state index in [1.165, 1.54) is 4.90 Å². The van der Waals surface area contributed by atoms with Gasteiger partial charge in [-0.25, -0.2) is 9.69 Å². The third-order valence-corrected chi connectivity index (χ3v) is 4.65. The number of hydrogen-bond donors (Lipinski definition) is 0. The van der Waals surface area contributed by atoms with E-state index in [0.717, 1.165) is 16.7 Å². The average Bonchev–Trinajstić information content (AvgIpc) is 2.74. The summed E-state index contributed by atoms with van der Waals surface area (Å²) < 4.78 is 5.55. The number of carbonyl (C=O) groups is 2. The van der Waals surface area contributed by atoms with Crippen LogP contribution >= 0.6 is 0 Å². The number of aryl methyl sites for hydroxylation is 1. The van der Waals surface area contributed by atoms with Gasteiger partial charge in [0.05, 0.1) is 5.54 Å². The van der Waals surface area contributed by atoms with Crippen LogP contribution < -0.4 is 0 Å². The molecule has 0 spiro atoms. The lowest BCUT2D eigenvalue weighted by atomic mass is 9.85. The van der Waals surface area contributed by atoms with Crippen LogP contribution in [0.15, 0.2) is 48.5 Å². The minimum absolute atomic E-state index is 0.298. The van der Waals surface area contributed by atoms with Crippen molar-refractivity contribution >= 4 is 12.0 Å². The number of benzene rings is 2. The van der Waals surface area contributed by atoms with E-state index >= 15 is 0 Å². The van der Waals surface area contributed by atoms with E-state index in [1.807, 2.05) is 56.3 Å². The van der Waals surface area contributed by atoms with Crippen LogP contribution in [0, 0.1) is 6.92 Å². The zero-order valence-corrected chi connectivity index (χ0v) is 16.0. The molecule has 0 bridgehead atoms. The van der Waals surface area contributed by atoms with Gasteiger partial charge in [-0.05, 0) is 51.8 Å². The van der Waals surface area contributed by atoms with Crippen molar-refractivity contribution < 1.29 is 14.3 Å². The van der Waals surface area contributed by atoms with Gasteiger partial charge in [-0.2, -0.15) is 0 Å². The molecule has 1 atom stereocenters. The normalized spacial score (nSPS) is 19.4. The molecule has 0 aliphatic carbocycles. The molecular formula is C22H25NO3. The van der Waals surface area contributed by atoms with E-state index < -0.39 is 17.2 Å². The van der Waals surface area contributed by atoms with Crippen molar-refractivity contribution in [3.8, 4) is 0 Å². The van der Waals surface area contributed by atoms with Crippen molar-refractivity contribution in [1.29, 1.82) is 0 Å². The van der Waals surface area contributed by atoms with Gasteiger partial charge in [0.2, 0.25) is 0 Å². The highest BCUT2D eigenvalue weighted by atomic mass is 16.6. The molecule has 0 radical (unpaired) electrons. The predicted octanol–water partition coefficient (Wildman–Crippen LogP) is 4.84. The Morgan fingerprint density at radius 2 is 1.77 bits per heavy atom. The second-order valence-corrected chi connectivity index (χ2v) is 8.11. The third-order valence-electron chi connectivity index (χ3n) is 4.65. The van der Waals surface area contributed by atoms with Crippen LogP contribution in [-0.2, 0) is 16.7 Å². The fourth-order valence-electron chi connectivity index (χ4n) is 3.51. The summed E-state index contributed by atoms with van der Waals surface area (Å²) in [5, 5.41) is 0. The zero-order valence-electron chi connectivity index (χ0n) is 16.0. The number of nitrogens with zero attached hydrogens (tertiary/aromatic N) is 1. The predicted molar refractivity (Wildman–Crippen MR) is 101 cm³/mol. The van der Waals surface area contributed by atoms with E-state index in [9.17, 15) is 9.59 Å². The Balaban J connectivity index is 2.10. The van der Waals surface area contributed by atoms with Gasteiger partial charge >= 0.3 is 6.09 Å². The average molecular weight is 351 g/mol. The molecule has 136 valence electrons. The van der Waals surface area contributed by atoms with E-state index in [2.05, 4.69) is 0 Å². The first-order chi connectivity index (χ1) is 12.1. The van der Waals surface area contributed by atoms with E-state index in [0.29, 0.717) is 12.0 Å². The summed E-state index contributed by atoms with van der Waals surface area (Å²) in [5.74, 6) is -0.298. The SMILES string of the molecule is Cc1ccc2c(c1)C(C)(Cc1ccccc1)N(C(=O)OC(C)(C)C)C2=O. The maximum absolute atomic E-state index is 13.1. The molecule has 0 fully saturated rings. The van der Waals surface area contributed by atoms with Crippen molar-refractivity contribution in [2.24, 2.45) is 0 Å². The topological polar surface area (TPSA) is 46.6 Å². The first-order valence-electron chi connectivity index (χ1n) is 8.84. The minimum Gasteiger partial charge on any atom is -0.443 e. The number of rotatable bonds is 2. The van der Waals surface area contributed by atoms with Crippen molar-refractivity contribution in [2.45, 2.75) is 52.2 Å². The lowest BCUT2D eigenvalue weighted by Gasteiger charge is -2.35. The van der Waals surface area contributed by atoms with Gasteiger partial charge < -0.3 is 4.74 Å². The van der Waals surface area contributed by atoms with Gasteiger partial charge in [0, 0.05) is 12.0 Å². The maximum Gasteiger partial charge on any atom is 0.418 e. The summed E-state index contributed by atoms with van der Waals surface area (Å²) >= 11 is 0. The van der Waals surface area contributed by atoms with Gasteiger partial charge in [-0.3, -0.25) is 4.79 Å². The standard InChI is InChI=1S/C22H25NO3/c1-15-11-12-17-18(13-15)22(5,14-16-9-7-6-8-10-16)23(19(17)24)20(25)26-21(2,3)4/h6-13H,14H2,1-5H3. The number of hydrogen-bond acceptors (Lipinski definition) is 3. The van der Waals surface area contributed by atoms with E-state index in [-0.39, 0.29) is 5.91 Å². The zero-order chi connectivity index (χ0) is 19.1. The highest BCUT2D eigenvalue weighted by molar-refractivity contribution is 6.08. The molecule has 2 amide bonds.